The molecule has 0 spiro atoms. The molecule has 1 aromatic heterocycles. The van der Waals surface area contributed by atoms with Gasteiger partial charge < -0.3 is 10.6 Å². The minimum Gasteiger partial charge on any atom is -0.343 e. The first kappa shape index (κ1) is 18.7. The topological polar surface area (TPSA) is 94.9 Å². The second kappa shape index (κ2) is 9.00. The first-order valence-electron chi connectivity index (χ1n) is 6.81. The molecule has 1 aromatic carbocycles. The quantitative estimate of drug-likeness (QED) is 0.498. The molecule has 9 heteroatoms. The maximum atomic E-state index is 12.1. The van der Waals surface area contributed by atoms with Gasteiger partial charge >= 0.3 is 0 Å². The van der Waals surface area contributed by atoms with Crippen LogP contribution in [-0.2, 0) is 4.79 Å². The molecule has 0 aliphatic heterocycles. The number of aryl methyl sites for hydroxylation is 1. The van der Waals surface area contributed by atoms with Crippen molar-refractivity contribution in [2.24, 2.45) is 0 Å². The zero-order valence-electron chi connectivity index (χ0n) is 12.6. The van der Waals surface area contributed by atoms with Crippen LogP contribution >= 0.6 is 45.7 Å². The molecule has 2 amide bonds. The van der Waals surface area contributed by atoms with E-state index < -0.39 is 0 Å². The van der Waals surface area contributed by atoms with Crippen molar-refractivity contribution in [3.8, 4) is 6.07 Å². The zero-order valence-corrected chi connectivity index (χ0v) is 16.4. The van der Waals surface area contributed by atoms with Crippen LogP contribution in [0.1, 0.15) is 16.1 Å². The van der Waals surface area contributed by atoms with Gasteiger partial charge in [-0.2, -0.15) is 5.26 Å². The van der Waals surface area contributed by atoms with E-state index in [2.05, 4.69) is 44.3 Å². The Morgan fingerprint density at radius 2 is 2.17 bits per heavy atom. The molecule has 124 valence electrons. The predicted octanol–water partition coefficient (Wildman–Crippen LogP) is 3.04. The van der Waals surface area contributed by atoms with Crippen molar-refractivity contribution in [3.63, 3.8) is 0 Å². The summed E-state index contributed by atoms with van der Waals surface area (Å²) in [5.41, 5.74) is 1.31. The summed E-state index contributed by atoms with van der Waals surface area (Å²) >= 11 is 4.77. The number of thioether (sulfide) groups is 1. The van der Waals surface area contributed by atoms with Crippen molar-refractivity contribution in [1.82, 2.24) is 10.3 Å². The van der Waals surface area contributed by atoms with Gasteiger partial charge in [-0.25, -0.2) is 4.98 Å². The molecule has 0 fully saturated rings. The average molecular weight is 472 g/mol. The summed E-state index contributed by atoms with van der Waals surface area (Å²) in [5, 5.41) is 14.3. The highest BCUT2D eigenvalue weighted by molar-refractivity contribution is 14.1. The minimum atomic E-state index is -0.347. The molecule has 2 N–H and O–H groups in total. The number of anilines is 1. The molecule has 0 aliphatic rings. The van der Waals surface area contributed by atoms with Crippen LogP contribution in [0.3, 0.4) is 0 Å². The van der Waals surface area contributed by atoms with Crippen LogP contribution in [0.25, 0.3) is 0 Å². The number of amides is 2. The molecule has 0 aliphatic carbocycles. The maximum absolute atomic E-state index is 12.1. The second-order valence-electron chi connectivity index (χ2n) is 4.55. The van der Waals surface area contributed by atoms with Gasteiger partial charge in [-0.15, -0.1) is 0 Å². The van der Waals surface area contributed by atoms with Crippen molar-refractivity contribution < 1.29 is 9.59 Å². The minimum absolute atomic E-state index is 0.136. The number of carbonyl (C=O) groups is 2. The van der Waals surface area contributed by atoms with Gasteiger partial charge in [-0.3, -0.25) is 9.59 Å². The highest BCUT2D eigenvalue weighted by atomic mass is 127. The van der Waals surface area contributed by atoms with Crippen molar-refractivity contribution in [2.75, 3.05) is 17.6 Å². The van der Waals surface area contributed by atoms with Gasteiger partial charge in [0, 0.05) is 3.57 Å². The number of carbonyl (C=O) groups excluding carboxylic acids is 2. The molecule has 0 atom stereocenters. The van der Waals surface area contributed by atoms with Crippen LogP contribution in [0.4, 0.5) is 5.13 Å². The fourth-order valence-electron chi connectivity index (χ4n) is 1.73. The smallest absolute Gasteiger partial charge is 0.252 e. The van der Waals surface area contributed by atoms with Crippen molar-refractivity contribution >= 4 is 62.6 Å². The van der Waals surface area contributed by atoms with E-state index in [-0.39, 0.29) is 18.4 Å². The molecule has 24 heavy (non-hydrogen) atoms. The van der Waals surface area contributed by atoms with Crippen LogP contribution in [0, 0.1) is 21.8 Å². The number of benzene rings is 1. The van der Waals surface area contributed by atoms with E-state index in [0.717, 1.165) is 13.5 Å². The molecule has 6 nitrogen and oxygen atoms in total. The third-order valence-electron chi connectivity index (χ3n) is 2.80. The lowest BCUT2D eigenvalue weighted by Crippen LogP contribution is -2.33. The Morgan fingerprint density at radius 3 is 2.88 bits per heavy atom. The molecule has 0 saturated heterocycles. The lowest BCUT2D eigenvalue weighted by molar-refractivity contribution is -0.115. The van der Waals surface area contributed by atoms with E-state index in [1.54, 1.807) is 12.1 Å². The standard InChI is InChI=1S/C15H13IN4O2S2/c1-9-14(23-7-6-17)24-15(19-9)20-12(21)8-18-13(22)10-4-2-3-5-11(10)16/h2-5H,7-8H2,1H3,(H,18,22)(H,19,20,21). The molecule has 2 rings (SSSR count). The first-order chi connectivity index (χ1) is 11.5. The summed E-state index contributed by atoms with van der Waals surface area (Å²) in [5.74, 6) is -0.307. The highest BCUT2D eigenvalue weighted by Crippen LogP contribution is 2.31. The zero-order chi connectivity index (χ0) is 17.5. The van der Waals surface area contributed by atoms with E-state index >= 15 is 0 Å². The number of thiazole rings is 1. The fourth-order valence-corrected chi connectivity index (χ4v) is 4.18. The summed E-state index contributed by atoms with van der Waals surface area (Å²) < 4.78 is 1.72. The van der Waals surface area contributed by atoms with Gasteiger partial charge in [-0.05, 0) is 41.6 Å². The summed E-state index contributed by atoms with van der Waals surface area (Å²) in [4.78, 5) is 28.2. The van der Waals surface area contributed by atoms with Crippen LogP contribution in [0.2, 0.25) is 0 Å². The third kappa shape index (κ3) is 5.19. The lowest BCUT2D eigenvalue weighted by atomic mass is 10.2. The number of nitrogens with zero attached hydrogens (tertiary/aromatic N) is 2. The number of halogens is 1. The van der Waals surface area contributed by atoms with Crippen LogP contribution in [0.5, 0.6) is 0 Å². The SMILES string of the molecule is Cc1nc(NC(=O)CNC(=O)c2ccccc2I)sc1SCC#N. The van der Waals surface area contributed by atoms with Crippen molar-refractivity contribution in [2.45, 2.75) is 11.1 Å². The maximum Gasteiger partial charge on any atom is 0.252 e. The number of hydrogen-bond acceptors (Lipinski definition) is 6. The molecule has 1 heterocycles. The first-order valence-corrected chi connectivity index (χ1v) is 9.69. The average Bonchev–Trinajstić information content (AvgIpc) is 2.90. The van der Waals surface area contributed by atoms with Gasteiger partial charge in [0.25, 0.3) is 5.91 Å². The number of rotatable bonds is 6. The van der Waals surface area contributed by atoms with E-state index in [1.165, 1.54) is 23.1 Å². The predicted molar refractivity (Wildman–Crippen MR) is 103 cm³/mol. The Labute approximate surface area is 161 Å². The molecule has 0 radical (unpaired) electrons. The van der Waals surface area contributed by atoms with E-state index in [4.69, 9.17) is 5.26 Å². The fraction of sp³-hybridized carbons (Fsp3) is 0.200. The van der Waals surface area contributed by atoms with E-state index in [0.29, 0.717) is 16.4 Å². The molecule has 2 aromatic rings. The summed E-state index contributed by atoms with van der Waals surface area (Å²) in [7, 11) is 0. The van der Waals surface area contributed by atoms with Gasteiger partial charge in [0.2, 0.25) is 5.91 Å². The van der Waals surface area contributed by atoms with Gasteiger partial charge in [0.1, 0.15) is 0 Å². The molecular formula is C15H13IN4O2S2. The molecule has 0 saturated carbocycles. The Hall–Kier alpha value is -1.64. The van der Waals surface area contributed by atoms with Gasteiger partial charge in [0.05, 0.1) is 33.8 Å². The lowest BCUT2D eigenvalue weighted by Gasteiger charge is -2.06. The molecule has 0 unspecified atom stereocenters. The largest absolute Gasteiger partial charge is 0.343 e. The van der Waals surface area contributed by atoms with Crippen molar-refractivity contribution in [3.05, 3.63) is 39.1 Å². The van der Waals surface area contributed by atoms with Gasteiger partial charge in [0.15, 0.2) is 5.13 Å². The van der Waals surface area contributed by atoms with Crippen LogP contribution in [0.15, 0.2) is 28.5 Å². The Morgan fingerprint density at radius 1 is 1.42 bits per heavy atom. The molecule has 0 bridgehead atoms. The number of aromatic nitrogens is 1. The summed E-state index contributed by atoms with van der Waals surface area (Å²) in [6.07, 6.45) is 0. The number of nitrogens with one attached hydrogen (secondary N) is 2. The normalized spacial score (nSPS) is 10.0. The number of nitriles is 1. The third-order valence-corrected chi connectivity index (χ3v) is 6.04. The Balaban J connectivity index is 1.89. The van der Waals surface area contributed by atoms with Gasteiger partial charge in [-0.1, -0.05) is 35.2 Å². The Kier molecular flexibility index (Phi) is 7.01. The molecular weight excluding hydrogens is 459 g/mol. The summed E-state index contributed by atoms with van der Waals surface area (Å²) in [6, 6.07) is 9.21. The van der Waals surface area contributed by atoms with E-state index in [1.807, 2.05) is 19.1 Å². The number of hydrogen-bond donors (Lipinski definition) is 2. The second-order valence-corrected chi connectivity index (χ2v) is 7.95. The highest BCUT2D eigenvalue weighted by Gasteiger charge is 2.13. The van der Waals surface area contributed by atoms with Crippen molar-refractivity contribution in [1.29, 1.82) is 5.26 Å². The van der Waals surface area contributed by atoms with E-state index in [9.17, 15) is 9.59 Å². The summed E-state index contributed by atoms with van der Waals surface area (Å²) in [6.45, 7) is 1.69. The van der Waals surface area contributed by atoms with Crippen LogP contribution < -0.4 is 10.6 Å². The Bertz CT molecular complexity index is 801. The van der Waals surface area contributed by atoms with Crippen LogP contribution in [-0.4, -0.2) is 29.1 Å². The monoisotopic (exact) mass is 472 g/mol.